The number of hydrogen-bond donors (Lipinski definition) is 1. The van der Waals surface area contributed by atoms with Gasteiger partial charge < -0.3 is 19.4 Å². The van der Waals surface area contributed by atoms with Crippen molar-refractivity contribution in [3.05, 3.63) is 24.2 Å². The summed E-state index contributed by atoms with van der Waals surface area (Å²) in [5.41, 5.74) is 0. The Bertz CT molecular complexity index is 508. The van der Waals surface area contributed by atoms with Crippen LogP contribution < -0.4 is 5.32 Å². The highest BCUT2D eigenvalue weighted by atomic mass is 16.5. The van der Waals surface area contributed by atoms with Crippen LogP contribution in [0.5, 0.6) is 0 Å². The van der Waals surface area contributed by atoms with Crippen LogP contribution in [0.1, 0.15) is 44.9 Å². The second-order valence-electron chi connectivity index (χ2n) is 6.95. The van der Waals surface area contributed by atoms with Gasteiger partial charge in [-0.15, -0.1) is 0 Å². The summed E-state index contributed by atoms with van der Waals surface area (Å²) in [5, 5.41) is 3.54. The van der Waals surface area contributed by atoms with Crippen LogP contribution in [0.15, 0.2) is 27.8 Å². The van der Waals surface area contributed by atoms with Gasteiger partial charge in [0.25, 0.3) is 0 Å². The Morgan fingerprint density at radius 3 is 2.62 bits per heavy atom. The molecule has 2 heterocycles. The number of nitrogens with zero attached hydrogens (tertiary/aromatic N) is 3. The van der Waals surface area contributed by atoms with Crippen molar-refractivity contribution in [2.75, 3.05) is 53.5 Å². The molecule has 148 valence electrons. The van der Waals surface area contributed by atoms with E-state index in [1.807, 2.05) is 13.1 Å². The van der Waals surface area contributed by atoms with Gasteiger partial charge in [-0.25, -0.2) is 0 Å². The van der Waals surface area contributed by atoms with Crippen LogP contribution >= 0.6 is 0 Å². The Hall–Kier alpha value is -1.53. The zero-order chi connectivity index (χ0) is 18.8. The lowest BCUT2D eigenvalue weighted by Gasteiger charge is -2.31. The molecule has 0 amide bonds. The molecule has 0 spiro atoms. The minimum atomic E-state index is 0.209. The van der Waals surface area contributed by atoms with Crippen LogP contribution in [0.2, 0.25) is 0 Å². The molecule has 26 heavy (non-hydrogen) atoms. The van der Waals surface area contributed by atoms with Crippen molar-refractivity contribution in [2.45, 2.75) is 39.2 Å². The van der Waals surface area contributed by atoms with Crippen LogP contribution in [-0.4, -0.2) is 69.2 Å². The second kappa shape index (κ2) is 11.2. The Balaban J connectivity index is 1.88. The first-order valence-electron chi connectivity index (χ1n) is 9.96. The maximum Gasteiger partial charge on any atom is 0.193 e. The van der Waals surface area contributed by atoms with Crippen LogP contribution in [0.25, 0.3) is 0 Å². The lowest BCUT2D eigenvalue weighted by Crippen LogP contribution is -2.44. The third-order valence-electron chi connectivity index (χ3n) is 5.37. The molecule has 1 unspecified atom stereocenters. The fourth-order valence-electron chi connectivity index (χ4n) is 3.64. The second-order valence-corrected chi connectivity index (χ2v) is 6.95. The molecule has 1 N–H and O–H groups in total. The molecule has 0 bridgehead atoms. The summed E-state index contributed by atoms with van der Waals surface area (Å²) < 4.78 is 11.1. The number of aliphatic imine (C=N–C) groups is 1. The number of hydrogen-bond acceptors (Lipinski definition) is 4. The zero-order valence-corrected chi connectivity index (χ0v) is 16.9. The molecule has 1 atom stereocenters. The third-order valence-corrected chi connectivity index (χ3v) is 5.37. The fraction of sp³-hybridized carbons (Fsp3) is 0.750. The molecular weight excluding hydrogens is 328 g/mol. The van der Waals surface area contributed by atoms with Gasteiger partial charge in [-0.1, -0.05) is 13.8 Å². The lowest BCUT2D eigenvalue weighted by molar-refractivity contribution is 0.0625. The quantitative estimate of drug-likeness (QED) is 0.539. The molecule has 0 aromatic carbocycles. The van der Waals surface area contributed by atoms with Gasteiger partial charge in [0.2, 0.25) is 0 Å². The van der Waals surface area contributed by atoms with E-state index in [4.69, 9.17) is 9.15 Å². The molecule has 0 saturated carbocycles. The first-order chi connectivity index (χ1) is 12.7. The van der Waals surface area contributed by atoms with E-state index in [0.29, 0.717) is 0 Å². The lowest BCUT2D eigenvalue weighted by atomic mass is 9.96. The van der Waals surface area contributed by atoms with E-state index in [2.05, 4.69) is 47.1 Å². The standard InChI is InChI=1S/C20H36N4O2/c1-5-24(6-2)18(19-8-7-13-26-19)16-22-20(21-3)23(4)12-9-17-10-14-25-15-11-17/h7-8,13,17-18H,5-6,9-12,14-16H2,1-4H3,(H,21,22). The van der Waals surface area contributed by atoms with Gasteiger partial charge >= 0.3 is 0 Å². The monoisotopic (exact) mass is 364 g/mol. The molecule has 1 saturated heterocycles. The topological polar surface area (TPSA) is 53.2 Å². The first-order valence-corrected chi connectivity index (χ1v) is 9.96. The van der Waals surface area contributed by atoms with Crippen molar-refractivity contribution >= 4 is 5.96 Å². The molecule has 0 aliphatic carbocycles. The number of nitrogens with one attached hydrogen (secondary N) is 1. The van der Waals surface area contributed by atoms with Gasteiger partial charge in [0.05, 0.1) is 12.3 Å². The van der Waals surface area contributed by atoms with E-state index >= 15 is 0 Å². The summed E-state index contributed by atoms with van der Waals surface area (Å²) in [6.45, 7) is 9.97. The third kappa shape index (κ3) is 6.02. The number of likely N-dealkylation sites (N-methyl/N-ethyl adjacent to an activating group) is 1. The predicted octanol–water partition coefficient (Wildman–Crippen LogP) is 2.99. The Labute approximate surface area is 158 Å². The molecule has 6 heteroatoms. The van der Waals surface area contributed by atoms with Crippen LogP contribution in [-0.2, 0) is 4.74 Å². The zero-order valence-electron chi connectivity index (χ0n) is 16.9. The van der Waals surface area contributed by atoms with Crippen LogP contribution in [0, 0.1) is 5.92 Å². The van der Waals surface area contributed by atoms with Crippen LogP contribution in [0.3, 0.4) is 0 Å². The highest BCUT2D eigenvalue weighted by Crippen LogP contribution is 2.21. The van der Waals surface area contributed by atoms with E-state index in [-0.39, 0.29) is 6.04 Å². The minimum Gasteiger partial charge on any atom is -0.468 e. The SMILES string of the molecule is CCN(CC)C(CNC(=NC)N(C)CCC1CCOCC1)c1ccco1. The first kappa shape index (κ1) is 20.8. The summed E-state index contributed by atoms with van der Waals surface area (Å²) in [6, 6.07) is 4.23. The fourth-order valence-corrected chi connectivity index (χ4v) is 3.64. The average Bonchev–Trinajstić information content (AvgIpc) is 3.21. The molecular formula is C20H36N4O2. The van der Waals surface area contributed by atoms with Crippen molar-refractivity contribution in [3.8, 4) is 0 Å². The van der Waals surface area contributed by atoms with Gasteiger partial charge in [-0.2, -0.15) is 0 Å². The summed E-state index contributed by atoms with van der Waals surface area (Å²) in [7, 11) is 3.97. The van der Waals surface area contributed by atoms with Crippen molar-refractivity contribution in [1.82, 2.24) is 15.1 Å². The smallest absolute Gasteiger partial charge is 0.193 e. The average molecular weight is 365 g/mol. The molecule has 1 fully saturated rings. The molecule has 1 aromatic rings. The van der Waals surface area contributed by atoms with E-state index < -0.39 is 0 Å². The number of furan rings is 1. The van der Waals surface area contributed by atoms with E-state index in [0.717, 1.165) is 57.0 Å². The summed E-state index contributed by atoms with van der Waals surface area (Å²) >= 11 is 0. The van der Waals surface area contributed by atoms with Gasteiger partial charge in [0.1, 0.15) is 5.76 Å². The molecule has 6 nitrogen and oxygen atoms in total. The van der Waals surface area contributed by atoms with E-state index in [9.17, 15) is 0 Å². The van der Waals surface area contributed by atoms with Crippen molar-refractivity contribution < 1.29 is 9.15 Å². The molecule has 1 aliphatic heterocycles. The Kier molecular flexibility index (Phi) is 8.98. The predicted molar refractivity (Wildman–Crippen MR) is 107 cm³/mol. The molecule has 1 aromatic heterocycles. The Morgan fingerprint density at radius 1 is 1.31 bits per heavy atom. The number of guanidine groups is 1. The van der Waals surface area contributed by atoms with E-state index in [1.165, 1.54) is 19.3 Å². The molecule has 2 rings (SSSR count). The highest BCUT2D eigenvalue weighted by molar-refractivity contribution is 5.79. The highest BCUT2D eigenvalue weighted by Gasteiger charge is 2.22. The van der Waals surface area contributed by atoms with Crippen molar-refractivity contribution in [2.24, 2.45) is 10.9 Å². The van der Waals surface area contributed by atoms with E-state index in [1.54, 1.807) is 6.26 Å². The summed E-state index contributed by atoms with van der Waals surface area (Å²) in [5.74, 6) is 2.72. The summed E-state index contributed by atoms with van der Waals surface area (Å²) in [4.78, 5) is 9.11. The minimum absolute atomic E-state index is 0.209. The molecule has 0 radical (unpaired) electrons. The Morgan fingerprint density at radius 2 is 2.04 bits per heavy atom. The molecule has 1 aliphatic rings. The van der Waals surface area contributed by atoms with Gasteiger partial charge in [-0.05, 0) is 50.4 Å². The van der Waals surface area contributed by atoms with Crippen molar-refractivity contribution in [3.63, 3.8) is 0 Å². The maximum absolute atomic E-state index is 5.69. The largest absolute Gasteiger partial charge is 0.468 e. The normalized spacial score (nSPS) is 17.5. The van der Waals surface area contributed by atoms with Gasteiger partial charge in [0.15, 0.2) is 5.96 Å². The van der Waals surface area contributed by atoms with Crippen molar-refractivity contribution in [1.29, 1.82) is 0 Å². The number of ether oxygens (including phenoxy) is 1. The van der Waals surface area contributed by atoms with Crippen LogP contribution in [0.4, 0.5) is 0 Å². The number of rotatable bonds is 9. The van der Waals surface area contributed by atoms with Gasteiger partial charge in [-0.3, -0.25) is 9.89 Å². The maximum atomic E-state index is 5.69. The summed E-state index contributed by atoms with van der Waals surface area (Å²) in [6.07, 6.45) is 5.31. The van der Waals surface area contributed by atoms with Gasteiger partial charge in [0, 0.05) is 40.4 Å².